The molecule has 1 unspecified atom stereocenters. The molecule has 0 radical (unpaired) electrons. The lowest BCUT2D eigenvalue weighted by molar-refractivity contribution is -0.105. The lowest BCUT2D eigenvalue weighted by Crippen LogP contribution is -2.10. The van der Waals surface area contributed by atoms with E-state index < -0.39 is 18.2 Å². The summed E-state index contributed by atoms with van der Waals surface area (Å²) in [6.45, 7) is 0. The Morgan fingerprint density at radius 2 is 1.08 bits per heavy atom. The van der Waals surface area contributed by atoms with Crippen LogP contribution in [0.15, 0.2) is 145 Å². The molecule has 5 aromatic carbocycles. The van der Waals surface area contributed by atoms with Crippen LogP contribution in [0.1, 0.15) is 39.0 Å². The van der Waals surface area contributed by atoms with Crippen LogP contribution in [0.2, 0.25) is 0 Å². The molecule has 0 fully saturated rings. The van der Waals surface area contributed by atoms with Crippen LogP contribution in [0.5, 0.6) is 0 Å². The molecule has 0 spiro atoms. The van der Waals surface area contributed by atoms with Crippen molar-refractivity contribution in [2.45, 2.75) is 12.7 Å². The summed E-state index contributed by atoms with van der Waals surface area (Å²) in [5.41, 5.74) is 9.12. The van der Waals surface area contributed by atoms with Crippen molar-refractivity contribution < 1.29 is 29.1 Å². The zero-order valence-corrected chi connectivity index (χ0v) is 26.2. The van der Waals surface area contributed by atoms with E-state index in [4.69, 9.17) is 16.5 Å². The third-order valence-electron chi connectivity index (χ3n) is 8.35. The van der Waals surface area contributed by atoms with Crippen molar-refractivity contribution in [1.29, 1.82) is 0 Å². The molecule has 5 N–H and O–H groups in total. The Morgan fingerprint density at radius 1 is 0.612 bits per heavy atom. The molecule has 0 saturated carbocycles. The number of ether oxygens (including phenoxy) is 1. The third kappa shape index (κ3) is 6.30. The van der Waals surface area contributed by atoms with E-state index >= 15 is 0 Å². The number of esters is 1. The van der Waals surface area contributed by atoms with Crippen LogP contribution >= 0.6 is 0 Å². The van der Waals surface area contributed by atoms with Crippen LogP contribution < -0.4 is 11.8 Å². The summed E-state index contributed by atoms with van der Waals surface area (Å²) >= 11 is 0. The molecule has 1 aliphatic rings. The molecular formula is C40H31N3O6. The van der Waals surface area contributed by atoms with Crippen molar-refractivity contribution in [3.63, 3.8) is 0 Å². The molecular weight excluding hydrogens is 618 g/mol. The predicted molar refractivity (Wildman–Crippen MR) is 185 cm³/mol. The molecule has 6 aromatic rings. The highest BCUT2D eigenvalue weighted by atomic mass is 16.7. The van der Waals surface area contributed by atoms with Gasteiger partial charge in [-0.15, -0.1) is 0 Å². The highest BCUT2D eigenvalue weighted by Gasteiger charge is 2.28. The number of rotatable bonds is 10. The Labute approximate surface area is 282 Å². The van der Waals surface area contributed by atoms with Gasteiger partial charge in [-0.25, -0.2) is 15.5 Å². The second-order valence-electron chi connectivity index (χ2n) is 11.4. The zero-order valence-electron chi connectivity index (χ0n) is 26.2. The standard InChI is InChI=1S/C40H31N3O6/c41-48-39(45)30-17-13-28(14-18-30)37-35(26-9-5-2-6-10-26)34(25-7-3-1-4-8-25)36(43(37)32-21-19-31(20-22-32)40(46)49-42)27-11-15-29(16-12-27)38(44)47-33-23-24-33/h1-23,40,46H,24,41-42H2. The largest absolute Gasteiger partial charge is 0.427 e. The summed E-state index contributed by atoms with van der Waals surface area (Å²) in [6, 6.07) is 41.8. The summed E-state index contributed by atoms with van der Waals surface area (Å²) < 4.78 is 7.57. The fourth-order valence-corrected chi connectivity index (χ4v) is 5.92. The molecule has 1 atom stereocenters. The second kappa shape index (κ2) is 13.6. The van der Waals surface area contributed by atoms with Gasteiger partial charge >= 0.3 is 11.9 Å². The highest BCUT2D eigenvalue weighted by Crippen LogP contribution is 2.50. The van der Waals surface area contributed by atoms with Crippen molar-refractivity contribution in [1.82, 2.24) is 4.57 Å². The lowest BCUT2D eigenvalue weighted by atomic mass is 9.91. The van der Waals surface area contributed by atoms with Crippen molar-refractivity contribution in [2.24, 2.45) is 11.8 Å². The fraction of sp³-hybridized carbons (Fsp3) is 0.0500. The Kier molecular flexibility index (Phi) is 8.72. The smallest absolute Gasteiger partial charge is 0.356 e. The maximum absolute atomic E-state index is 12.8. The van der Waals surface area contributed by atoms with Gasteiger partial charge in [0.2, 0.25) is 0 Å². The number of allylic oxidation sites excluding steroid dienone is 2. The van der Waals surface area contributed by atoms with Crippen molar-refractivity contribution in [3.8, 4) is 50.5 Å². The number of carbonyl (C=O) groups is 2. The van der Waals surface area contributed by atoms with Gasteiger partial charge in [0.1, 0.15) is 5.76 Å². The van der Waals surface area contributed by atoms with Gasteiger partial charge < -0.3 is 19.2 Å². The molecule has 0 aliphatic heterocycles. The van der Waals surface area contributed by atoms with Crippen molar-refractivity contribution in [2.75, 3.05) is 0 Å². The summed E-state index contributed by atoms with van der Waals surface area (Å²) in [5.74, 6) is 10.1. The van der Waals surface area contributed by atoms with Crippen molar-refractivity contribution >= 4 is 11.9 Å². The van der Waals surface area contributed by atoms with E-state index in [9.17, 15) is 14.7 Å². The van der Waals surface area contributed by atoms with Crippen LogP contribution in [0.3, 0.4) is 0 Å². The van der Waals surface area contributed by atoms with Crippen molar-refractivity contribution in [3.05, 3.63) is 162 Å². The monoisotopic (exact) mass is 649 g/mol. The van der Waals surface area contributed by atoms with E-state index in [1.54, 1.807) is 36.4 Å². The first kappa shape index (κ1) is 31.5. The van der Waals surface area contributed by atoms with Gasteiger partial charge in [-0.2, -0.15) is 5.90 Å². The molecule has 7 rings (SSSR count). The lowest BCUT2D eigenvalue weighted by Gasteiger charge is -2.17. The van der Waals surface area contributed by atoms with E-state index in [-0.39, 0.29) is 0 Å². The summed E-state index contributed by atoms with van der Waals surface area (Å²) in [7, 11) is 0. The molecule has 242 valence electrons. The van der Waals surface area contributed by atoms with Gasteiger partial charge in [0.05, 0.1) is 22.5 Å². The molecule has 9 heteroatoms. The Morgan fingerprint density at radius 3 is 1.51 bits per heavy atom. The number of nitrogens with zero attached hydrogens (tertiary/aromatic N) is 1. The maximum Gasteiger partial charge on any atom is 0.356 e. The predicted octanol–water partition coefficient (Wildman–Crippen LogP) is 7.50. The number of aliphatic hydroxyl groups is 1. The SMILES string of the molecule is NOC(=O)c1ccc(-c2c(-c3ccccc3)c(-c3ccccc3)c(-c3ccc(C(=O)OC4=CC4)cc3)n2-c2ccc(C(O)ON)cc2)cc1. The number of aromatic nitrogens is 1. The second-order valence-corrected chi connectivity index (χ2v) is 11.4. The first-order valence-corrected chi connectivity index (χ1v) is 15.5. The Balaban J connectivity index is 1.56. The van der Waals surface area contributed by atoms with Crippen LogP contribution in [0, 0.1) is 0 Å². The first-order valence-electron chi connectivity index (χ1n) is 15.5. The summed E-state index contributed by atoms with van der Waals surface area (Å²) in [5, 5.41) is 10.3. The van der Waals surface area contributed by atoms with Gasteiger partial charge in [0.15, 0.2) is 6.29 Å². The molecule has 0 bridgehead atoms. The van der Waals surface area contributed by atoms with E-state index in [1.807, 2.05) is 78.9 Å². The van der Waals surface area contributed by atoms with Gasteiger partial charge in [-0.05, 0) is 64.7 Å². The molecule has 0 amide bonds. The van der Waals surface area contributed by atoms with Crippen LogP contribution in [0.25, 0.3) is 50.5 Å². The summed E-state index contributed by atoms with van der Waals surface area (Å²) in [6.07, 6.45) is 1.24. The van der Waals surface area contributed by atoms with Gasteiger partial charge in [-0.1, -0.05) is 97.1 Å². The minimum absolute atomic E-state index is 0.304. The number of aliphatic hydroxyl groups excluding tert-OH is 1. The number of hydrogen-bond acceptors (Lipinski definition) is 8. The van der Waals surface area contributed by atoms with Gasteiger partial charge in [0.25, 0.3) is 0 Å². The number of carbonyl (C=O) groups excluding carboxylic acids is 2. The molecule has 1 heterocycles. The first-order chi connectivity index (χ1) is 24.0. The van der Waals surface area contributed by atoms with E-state index in [2.05, 4.69) is 38.5 Å². The quantitative estimate of drug-likeness (QED) is 0.0788. The highest BCUT2D eigenvalue weighted by molar-refractivity contribution is 6.03. The minimum atomic E-state index is -1.30. The molecule has 49 heavy (non-hydrogen) atoms. The van der Waals surface area contributed by atoms with Crippen LogP contribution in [-0.4, -0.2) is 21.6 Å². The number of benzene rings is 5. The Bertz CT molecular complexity index is 2160. The fourth-order valence-electron chi connectivity index (χ4n) is 5.92. The summed E-state index contributed by atoms with van der Waals surface area (Å²) in [4.78, 5) is 34.2. The number of nitrogens with two attached hydrogens (primary N) is 2. The van der Waals surface area contributed by atoms with E-state index in [0.29, 0.717) is 28.9 Å². The van der Waals surface area contributed by atoms with E-state index in [1.165, 1.54) is 0 Å². The van der Waals surface area contributed by atoms with Gasteiger partial charge in [0, 0.05) is 28.8 Å². The minimum Gasteiger partial charge on any atom is -0.427 e. The maximum atomic E-state index is 12.8. The third-order valence-corrected chi connectivity index (χ3v) is 8.35. The average Bonchev–Trinajstić information content (AvgIpc) is 3.92. The number of hydrogen-bond donors (Lipinski definition) is 3. The molecule has 1 aromatic heterocycles. The van der Waals surface area contributed by atoms with Crippen LogP contribution in [-0.2, 0) is 14.4 Å². The van der Waals surface area contributed by atoms with E-state index in [0.717, 1.165) is 50.5 Å². The normalized spacial score (nSPS) is 12.6. The molecule has 1 aliphatic carbocycles. The average molecular weight is 650 g/mol. The molecule has 0 saturated heterocycles. The topological polar surface area (TPSA) is 139 Å². The van der Waals surface area contributed by atoms with Crippen LogP contribution in [0.4, 0.5) is 0 Å². The molecule has 9 nitrogen and oxygen atoms in total. The Hall–Kier alpha value is -6.10. The zero-order chi connectivity index (χ0) is 33.9. The van der Waals surface area contributed by atoms with Gasteiger partial charge in [-0.3, -0.25) is 4.84 Å².